The Labute approximate surface area is 134 Å². The molecule has 110 valence electrons. The van der Waals surface area contributed by atoms with Crippen molar-refractivity contribution in [2.75, 3.05) is 11.9 Å². The van der Waals surface area contributed by atoms with Crippen molar-refractivity contribution in [3.8, 4) is 0 Å². The molecular formula is C12H13BrCl2N2O3. The lowest BCUT2D eigenvalue weighted by molar-refractivity contribution is -0.141. The number of aliphatic carboxylic acids is 1. The van der Waals surface area contributed by atoms with Crippen LogP contribution in [0.25, 0.3) is 0 Å². The van der Waals surface area contributed by atoms with Crippen molar-refractivity contribution in [3.05, 3.63) is 26.7 Å². The first-order chi connectivity index (χ1) is 9.36. The second kappa shape index (κ2) is 7.71. The quantitative estimate of drug-likeness (QED) is 0.672. The van der Waals surface area contributed by atoms with Crippen LogP contribution in [0, 0.1) is 5.92 Å². The number of benzene rings is 1. The van der Waals surface area contributed by atoms with Gasteiger partial charge in [0.25, 0.3) is 0 Å². The van der Waals surface area contributed by atoms with E-state index in [0.29, 0.717) is 21.6 Å². The summed E-state index contributed by atoms with van der Waals surface area (Å²) in [6.45, 7) is 1.78. The van der Waals surface area contributed by atoms with Gasteiger partial charge in [-0.1, -0.05) is 30.1 Å². The molecule has 0 heterocycles. The molecule has 1 aromatic carbocycles. The SMILES string of the molecule is CCC(CNC(=O)Nc1ccc(Br)c(Cl)c1Cl)C(=O)O. The Morgan fingerprint density at radius 3 is 2.55 bits per heavy atom. The van der Waals surface area contributed by atoms with Crippen molar-refractivity contribution >= 4 is 56.8 Å². The van der Waals surface area contributed by atoms with Crippen LogP contribution in [0.2, 0.25) is 10.0 Å². The summed E-state index contributed by atoms with van der Waals surface area (Å²) in [4.78, 5) is 22.5. The molecule has 0 aromatic heterocycles. The van der Waals surface area contributed by atoms with E-state index in [2.05, 4.69) is 26.6 Å². The lowest BCUT2D eigenvalue weighted by Crippen LogP contribution is -2.35. The Morgan fingerprint density at radius 1 is 1.35 bits per heavy atom. The highest BCUT2D eigenvalue weighted by Crippen LogP contribution is 2.35. The van der Waals surface area contributed by atoms with Gasteiger partial charge in [0, 0.05) is 11.0 Å². The molecule has 2 amide bonds. The number of amides is 2. The molecule has 0 saturated heterocycles. The molecule has 0 aliphatic heterocycles. The minimum Gasteiger partial charge on any atom is -0.481 e. The standard InChI is InChI=1S/C12H13BrCl2N2O3/c1-2-6(11(18)19)5-16-12(20)17-8-4-3-7(13)9(14)10(8)15/h3-4,6H,2,5H2,1H3,(H,18,19)(H2,16,17,20). The van der Waals surface area contributed by atoms with E-state index in [0.717, 1.165) is 0 Å². The summed E-state index contributed by atoms with van der Waals surface area (Å²) in [5.74, 6) is -1.57. The largest absolute Gasteiger partial charge is 0.481 e. The zero-order chi connectivity index (χ0) is 15.3. The van der Waals surface area contributed by atoms with Crippen molar-refractivity contribution in [2.24, 2.45) is 5.92 Å². The number of carboxylic acid groups (broad SMARTS) is 1. The lowest BCUT2D eigenvalue weighted by atomic mass is 10.1. The van der Waals surface area contributed by atoms with E-state index in [4.69, 9.17) is 28.3 Å². The first-order valence-electron chi connectivity index (χ1n) is 5.78. The van der Waals surface area contributed by atoms with Crippen molar-refractivity contribution < 1.29 is 14.7 Å². The zero-order valence-corrected chi connectivity index (χ0v) is 13.6. The molecule has 1 aromatic rings. The summed E-state index contributed by atoms with van der Waals surface area (Å²) in [5, 5.41) is 14.4. The van der Waals surface area contributed by atoms with Gasteiger partial charge >= 0.3 is 12.0 Å². The number of nitrogens with one attached hydrogen (secondary N) is 2. The third kappa shape index (κ3) is 4.54. The van der Waals surface area contributed by atoms with Crippen molar-refractivity contribution in [1.82, 2.24) is 5.32 Å². The van der Waals surface area contributed by atoms with E-state index in [1.165, 1.54) is 0 Å². The van der Waals surface area contributed by atoms with Crippen LogP contribution in [0.4, 0.5) is 10.5 Å². The van der Waals surface area contributed by atoms with E-state index >= 15 is 0 Å². The number of urea groups is 1. The van der Waals surface area contributed by atoms with Gasteiger partial charge in [-0.3, -0.25) is 4.79 Å². The number of carboxylic acids is 1. The van der Waals surface area contributed by atoms with E-state index in [-0.39, 0.29) is 11.6 Å². The number of hydrogen-bond acceptors (Lipinski definition) is 2. The molecule has 0 fully saturated rings. The van der Waals surface area contributed by atoms with Crippen molar-refractivity contribution in [1.29, 1.82) is 0 Å². The molecule has 3 N–H and O–H groups in total. The number of rotatable bonds is 5. The van der Waals surface area contributed by atoms with Gasteiger partial charge in [-0.15, -0.1) is 0 Å². The van der Waals surface area contributed by atoms with Crippen LogP contribution < -0.4 is 10.6 Å². The Hall–Kier alpha value is -0.980. The summed E-state index contributed by atoms with van der Waals surface area (Å²) < 4.78 is 0.618. The van der Waals surface area contributed by atoms with Crippen LogP contribution in [0.3, 0.4) is 0 Å². The summed E-state index contributed by atoms with van der Waals surface area (Å²) in [5.41, 5.74) is 0.348. The summed E-state index contributed by atoms with van der Waals surface area (Å²) >= 11 is 15.1. The first kappa shape index (κ1) is 17.1. The number of carbonyl (C=O) groups is 2. The molecule has 1 atom stereocenters. The van der Waals surface area contributed by atoms with Crippen LogP contribution in [-0.4, -0.2) is 23.7 Å². The monoisotopic (exact) mass is 382 g/mol. The average molecular weight is 384 g/mol. The van der Waals surface area contributed by atoms with Crippen molar-refractivity contribution in [2.45, 2.75) is 13.3 Å². The minimum atomic E-state index is -0.947. The zero-order valence-electron chi connectivity index (χ0n) is 10.5. The summed E-state index contributed by atoms with van der Waals surface area (Å²) in [7, 11) is 0. The molecule has 0 aliphatic rings. The van der Waals surface area contributed by atoms with Gasteiger partial charge < -0.3 is 15.7 Å². The molecule has 0 spiro atoms. The summed E-state index contributed by atoms with van der Waals surface area (Å²) in [6, 6.07) is 2.70. The van der Waals surface area contributed by atoms with E-state index < -0.39 is 17.9 Å². The fourth-order valence-electron chi connectivity index (χ4n) is 1.41. The van der Waals surface area contributed by atoms with Gasteiger partial charge in [-0.25, -0.2) is 4.79 Å². The smallest absolute Gasteiger partial charge is 0.319 e. The molecule has 1 unspecified atom stereocenters. The topological polar surface area (TPSA) is 78.4 Å². The third-order valence-corrected chi connectivity index (χ3v) is 4.41. The van der Waals surface area contributed by atoms with E-state index in [1.807, 2.05) is 0 Å². The fourth-order valence-corrected chi connectivity index (χ4v) is 2.23. The van der Waals surface area contributed by atoms with Crippen LogP contribution in [-0.2, 0) is 4.79 Å². The van der Waals surface area contributed by atoms with Gasteiger partial charge in [-0.05, 0) is 34.5 Å². The molecule has 20 heavy (non-hydrogen) atoms. The lowest BCUT2D eigenvalue weighted by Gasteiger charge is -2.13. The van der Waals surface area contributed by atoms with E-state index in [9.17, 15) is 9.59 Å². The Morgan fingerprint density at radius 2 is 2.00 bits per heavy atom. The molecule has 8 heteroatoms. The highest BCUT2D eigenvalue weighted by atomic mass is 79.9. The Kier molecular flexibility index (Phi) is 6.58. The highest BCUT2D eigenvalue weighted by molar-refractivity contribution is 9.10. The number of hydrogen-bond donors (Lipinski definition) is 3. The van der Waals surface area contributed by atoms with Gasteiger partial charge in [0.2, 0.25) is 0 Å². The predicted molar refractivity (Wildman–Crippen MR) is 82.6 cm³/mol. The maximum Gasteiger partial charge on any atom is 0.319 e. The summed E-state index contributed by atoms with van der Waals surface area (Å²) in [6.07, 6.45) is 0.431. The van der Waals surface area contributed by atoms with Crippen LogP contribution >= 0.6 is 39.1 Å². The van der Waals surface area contributed by atoms with Gasteiger partial charge in [0.15, 0.2) is 0 Å². The molecule has 1 rings (SSSR count). The third-order valence-electron chi connectivity index (χ3n) is 2.63. The molecular weight excluding hydrogens is 371 g/mol. The number of halogens is 3. The normalized spacial score (nSPS) is 11.8. The Balaban J connectivity index is 2.63. The highest BCUT2D eigenvalue weighted by Gasteiger charge is 2.16. The second-order valence-electron chi connectivity index (χ2n) is 4.00. The van der Waals surface area contributed by atoms with Crippen LogP contribution in [0.15, 0.2) is 16.6 Å². The Bertz CT molecular complexity index is 526. The molecule has 0 aliphatic carbocycles. The van der Waals surface area contributed by atoms with Crippen molar-refractivity contribution in [3.63, 3.8) is 0 Å². The number of anilines is 1. The van der Waals surface area contributed by atoms with Gasteiger partial charge in [-0.2, -0.15) is 0 Å². The fraction of sp³-hybridized carbons (Fsp3) is 0.333. The van der Waals surface area contributed by atoms with Crippen LogP contribution in [0.1, 0.15) is 13.3 Å². The average Bonchev–Trinajstić information content (AvgIpc) is 2.40. The van der Waals surface area contributed by atoms with E-state index in [1.54, 1.807) is 19.1 Å². The maximum absolute atomic E-state index is 11.7. The molecule has 0 saturated carbocycles. The predicted octanol–water partition coefficient (Wildman–Crippen LogP) is 3.99. The van der Waals surface area contributed by atoms with Crippen LogP contribution in [0.5, 0.6) is 0 Å². The maximum atomic E-state index is 11.7. The molecule has 5 nitrogen and oxygen atoms in total. The first-order valence-corrected chi connectivity index (χ1v) is 7.32. The number of carbonyl (C=O) groups excluding carboxylic acids is 1. The van der Waals surface area contributed by atoms with Gasteiger partial charge in [0.05, 0.1) is 21.7 Å². The minimum absolute atomic E-state index is 0.0412. The molecule has 0 bridgehead atoms. The van der Waals surface area contributed by atoms with Gasteiger partial charge in [0.1, 0.15) is 0 Å². The second-order valence-corrected chi connectivity index (χ2v) is 5.61. The molecule has 0 radical (unpaired) electrons.